The number of aromatic nitrogens is 4. The van der Waals surface area contributed by atoms with Crippen LogP contribution in [-0.4, -0.2) is 19.9 Å². The molecule has 3 heterocycles. The van der Waals surface area contributed by atoms with Crippen LogP contribution in [0, 0.1) is 0 Å². The molecule has 0 radical (unpaired) electrons. The minimum absolute atomic E-state index is 0.0282. The van der Waals surface area contributed by atoms with E-state index in [0.29, 0.717) is 5.56 Å². The molecule has 0 aromatic carbocycles. The Hall–Kier alpha value is -2.49. The second-order valence-electron chi connectivity index (χ2n) is 5.75. The summed E-state index contributed by atoms with van der Waals surface area (Å²) in [6, 6.07) is 2.63. The molecule has 4 rings (SSSR count). The van der Waals surface area contributed by atoms with E-state index in [-0.39, 0.29) is 29.9 Å². The lowest BCUT2D eigenvalue weighted by Gasteiger charge is -2.11. The lowest BCUT2D eigenvalue weighted by molar-refractivity contribution is -0.139. The first-order valence-electron chi connectivity index (χ1n) is 7.46. The average molecular weight is 368 g/mol. The van der Waals surface area contributed by atoms with Gasteiger partial charge in [0.25, 0.3) is 11.4 Å². The van der Waals surface area contributed by atoms with E-state index in [9.17, 15) is 18.0 Å². The minimum atomic E-state index is -4.73. The van der Waals surface area contributed by atoms with Crippen molar-refractivity contribution in [1.29, 1.82) is 0 Å². The fourth-order valence-corrected chi connectivity index (χ4v) is 3.04. The summed E-state index contributed by atoms with van der Waals surface area (Å²) in [5, 5.41) is 11.4. The largest absolute Gasteiger partial charge is 0.421 e. The quantitative estimate of drug-likeness (QED) is 0.706. The molecule has 1 fully saturated rings. The molecule has 25 heavy (non-hydrogen) atoms. The standard InChI is InChI=1S/C15H11F3N4O2S/c16-15(17,18)10-5-11(8-1-2-8)20-22(14(10)23)6-12-19-13(24-21-12)9-3-4-25-7-9/h3-5,7-8H,1-2,6H2. The molecule has 0 atom stereocenters. The average Bonchev–Trinajstić information content (AvgIpc) is 3.06. The molecule has 0 bridgehead atoms. The van der Waals surface area contributed by atoms with Crippen molar-refractivity contribution in [3.8, 4) is 11.5 Å². The van der Waals surface area contributed by atoms with Crippen LogP contribution in [0.1, 0.15) is 35.8 Å². The molecular formula is C15H11F3N4O2S. The van der Waals surface area contributed by atoms with Crippen LogP contribution < -0.4 is 5.56 Å². The predicted octanol–water partition coefficient (Wildman–Crippen LogP) is 3.30. The number of alkyl halides is 3. The number of halogens is 3. The van der Waals surface area contributed by atoms with E-state index in [0.717, 1.165) is 23.6 Å². The van der Waals surface area contributed by atoms with E-state index in [1.165, 1.54) is 11.3 Å². The van der Waals surface area contributed by atoms with E-state index in [1.807, 2.05) is 5.38 Å². The molecule has 1 aliphatic rings. The molecule has 6 nitrogen and oxygen atoms in total. The Morgan fingerprint density at radius 3 is 2.80 bits per heavy atom. The van der Waals surface area contributed by atoms with Gasteiger partial charge in [-0.1, -0.05) is 5.16 Å². The summed E-state index contributed by atoms with van der Waals surface area (Å²) in [5.41, 5.74) is -1.44. The summed E-state index contributed by atoms with van der Waals surface area (Å²) >= 11 is 1.45. The first-order valence-corrected chi connectivity index (χ1v) is 8.40. The van der Waals surface area contributed by atoms with Gasteiger partial charge >= 0.3 is 6.18 Å². The van der Waals surface area contributed by atoms with Crippen molar-refractivity contribution in [2.75, 3.05) is 0 Å². The summed E-state index contributed by atoms with van der Waals surface area (Å²) in [4.78, 5) is 16.3. The first-order chi connectivity index (χ1) is 11.9. The zero-order valence-electron chi connectivity index (χ0n) is 12.7. The molecular weight excluding hydrogens is 357 g/mol. The van der Waals surface area contributed by atoms with Crippen LogP contribution in [0.2, 0.25) is 0 Å². The van der Waals surface area contributed by atoms with Gasteiger partial charge in [0.05, 0.1) is 11.3 Å². The van der Waals surface area contributed by atoms with E-state index >= 15 is 0 Å². The summed E-state index contributed by atoms with van der Waals surface area (Å²) in [5.74, 6) is 0.315. The second-order valence-corrected chi connectivity index (χ2v) is 6.53. The maximum atomic E-state index is 13.1. The highest BCUT2D eigenvalue weighted by Gasteiger charge is 2.37. The molecule has 3 aromatic rings. The van der Waals surface area contributed by atoms with E-state index in [2.05, 4.69) is 15.2 Å². The molecule has 10 heteroatoms. The Kier molecular flexibility index (Phi) is 3.71. The number of hydrogen-bond acceptors (Lipinski definition) is 6. The third-order valence-corrected chi connectivity index (χ3v) is 4.50. The van der Waals surface area contributed by atoms with Crippen molar-refractivity contribution in [2.45, 2.75) is 31.5 Å². The Morgan fingerprint density at radius 2 is 2.16 bits per heavy atom. The zero-order chi connectivity index (χ0) is 17.6. The monoisotopic (exact) mass is 368 g/mol. The van der Waals surface area contributed by atoms with Crippen molar-refractivity contribution < 1.29 is 17.7 Å². The van der Waals surface area contributed by atoms with Crippen LogP contribution in [0.3, 0.4) is 0 Å². The molecule has 3 aromatic heterocycles. The fraction of sp³-hybridized carbons (Fsp3) is 0.333. The van der Waals surface area contributed by atoms with Gasteiger partial charge in [0, 0.05) is 11.3 Å². The van der Waals surface area contributed by atoms with Gasteiger partial charge in [-0.2, -0.15) is 34.6 Å². The highest BCUT2D eigenvalue weighted by molar-refractivity contribution is 7.08. The van der Waals surface area contributed by atoms with Crippen molar-refractivity contribution in [1.82, 2.24) is 19.9 Å². The van der Waals surface area contributed by atoms with Gasteiger partial charge in [-0.25, -0.2) is 4.68 Å². The van der Waals surface area contributed by atoms with Gasteiger partial charge in [0.1, 0.15) is 12.1 Å². The fourth-order valence-electron chi connectivity index (χ4n) is 2.41. The first kappa shape index (κ1) is 16.0. The maximum Gasteiger partial charge on any atom is 0.421 e. The highest BCUT2D eigenvalue weighted by atomic mass is 32.1. The maximum absolute atomic E-state index is 13.1. The van der Waals surface area contributed by atoms with Crippen LogP contribution in [-0.2, 0) is 12.7 Å². The SMILES string of the molecule is O=c1c(C(F)(F)F)cc(C2CC2)nn1Cc1noc(-c2ccsc2)n1. The van der Waals surface area contributed by atoms with Crippen LogP contribution >= 0.6 is 11.3 Å². The third kappa shape index (κ3) is 3.21. The van der Waals surface area contributed by atoms with Crippen molar-refractivity contribution in [3.63, 3.8) is 0 Å². The smallest absolute Gasteiger partial charge is 0.334 e. The van der Waals surface area contributed by atoms with Gasteiger partial charge in [0.2, 0.25) is 0 Å². The molecule has 0 aliphatic heterocycles. The van der Waals surface area contributed by atoms with Crippen LogP contribution in [0.15, 0.2) is 32.2 Å². The predicted molar refractivity (Wildman–Crippen MR) is 82.2 cm³/mol. The third-order valence-electron chi connectivity index (χ3n) is 3.82. The van der Waals surface area contributed by atoms with Gasteiger partial charge < -0.3 is 4.52 Å². The van der Waals surface area contributed by atoms with Crippen molar-refractivity contribution in [3.05, 3.63) is 50.3 Å². The molecule has 0 unspecified atom stereocenters. The highest BCUT2D eigenvalue weighted by Crippen LogP contribution is 2.40. The Balaban J connectivity index is 1.70. The molecule has 0 spiro atoms. The van der Waals surface area contributed by atoms with Crippen LogP contribution in [0.4, 0.5) is 13.2 Å². The summed E-state index contributed by atoms with van der Waals surface area (Å²) in [6.45, 7) is -0.282. The summed E-state index contributed by atoms with van der Waals surface area (Å²) in [6.07, 6.45) is -3.19. The number of thiophene rings is 1. The van der Waals surface area contributed by atoms with Crippen molar-refractivity contribution in [2.24, 2.45) is 0 Å². The lowest BCUT2D eigenvalue weighted by atomic mass is 10.2. The van der Waals surface area contributed by atoms with E-state index in [1.54, 1.807) is 11.4 Å². The van der Waals surface area contributed by atoms with E-state index in [4.69, 9.17) is 4.52 Å². The van der Waals surface area contributed by atoms with Crippen LogP contribution in [0.5, 0.6) is 0 Å². The molecule has 130 valence electrons. The second kappa shape index (κ2) is 5.80. The summed E-state index contributed by atoms with van der Waals surface area (Å²) in [7, 11) is 0. The Morgan fingerprint density at radius 1 is 1.36 bits per heavy atom. The summed E-state index contributed by atoms with van der Waals surface area (Å²) < 4.78 is 45.2. The van der Waals surface area contributed by atoms with Crippen molar-refractivity contribution >= 4 is 11.3 Å². The van der Waals surface area contributed by atoms with Gasteiger partial charge in [-0.3, -0.25) is 4.79 Å². The van der Waals surface area contributed by atoms with E-state index < -0.39 is 17.3 Å². The number of rotatable bonds is 4. The number of nitrogens with zero attached hydrogens (tertiary/aromatic N) is 4. The van der Waals surface area contributed by atoms with Crippen LogP contribution in [0.25, 0.3) is 11.5 Å². The zero-order valence-corrected chi connectivity index (χ0v) is 13.5. The molecule has 1 aliphatic carbocycles. The van der Waals surface area contributed by atoms with Gasteiger partial charge in [0.15, 0.2) is 5.82 Å². The minimum Gasteiger partial charge on any atom is -0.334 e. The topological polar surface area (TPSA) is 73.8 Å². The van der Waals surface area contributed by atoms with Gasteiger partial charge in [-0.15, -0.1) is 0 Å². The normalized spacial score (nSPS) is 14.8. The molecule has 0 amide bonds. The molecule has 1 saturated carbocycles. The lowest BCUT2D eigenvalue weighted by Crippen LogP contribution is -2.32. The van der Waals surface area contributed by atoms with Gasteiger partial charge in [-0.05, 0) is 30.4 Å². The number of hydrogen-bond donors (Lipinski definition) is 0. The Labute approximate surface area is 142 Å². The molecule has 0 N–H and O–H groups in total. The molecule has 0 saturated heterocycles. The Bertz CT molecular complexity index is 958.